The Balaban J connectivity index is 1.44. The van der Waals surface area contributed by atoms with Crippen molar-refractivity contribution in [1.82, 2.24) is 14.9 Å². The summed E-state index contributed by atoms with van der Waals surface area (Å²) in [6.45, 7) is 1.72. The molecule has 1 unspecified atom stereocenters. The Kier molecular flexibility index (Phi) is 5.94. The highest BCUT2D eigenvalue weighted by molar-refractivity contribution is 6.13. The zero-order valence-corrected chi connectivity index (χ0v) is 16.9. The Hall–Kier alpha value is -2.67. The smallest absolute Gasteiger partial charge is 0.258 e. The number of aromatic nitrogens is 2. The number of amides is 1. The summed E-state index contributed by atoms with van der Waals surface area (Å²) >= 11 is 0. The van der Waals surface area contributed by atoms with Crippen molar-refractivity contribution >= 4 is 17.4 Å². The summed E-state index contributed by atoms with van der Waals surface area (Å²) in [7, 11) is 2.15. The summed E-state index contributed by atoms with van der Waals surface area (Å²) in [5, 5.41) is 2.88. The zero-order valence-electron chi connectivity index (χ0n) is 16.9. The predicted octanol–water partition coefficient (Wildman–Crippen LogP) is 3.43. The number of Topliss-reactive ketones (excluding diaryl/α,β-unsaturated/α-hetero) is 1. The lowest BCUT2D eigenvalue weighted by Gasteiger charge is -2.19. The first-order valence-corrected chi connectivity index (χ1v) is 10.5. The fourth-order valence-electron chi connectivity index (χ4n) is 4.31. The van der Waals surface area contributed by atoms with Gasteiger partial charge in [0.25, 0.3) is 5.91 Å². The van der Waals surface area contributed by atoms with Crippen molar-refractivity contribution in [3.8, 4) is 5.75 Å². The van der Waals surface area contributed by atoms with Gasteiger partial charge in [-0.3, -0.25) is 14.6 Å². The van der Waals surface area contributed by atoms with Crippen LogP contribution in [0, 0.1) is 0 Å². The van der Waals surface area contributed by atoms with Crippen molar-refractivity contribution in [2.45, 2.75) is 51.0 Å². The van der Waals surface area contributed by atoms with Gasteiger partial charge in [-0.05, 0) is 52.1 Å². The molecule has 1 amide bonds. The molecule has 7 nitrogen and oxygen atoms in total. The Morgan fingerprint density at radius 3 is 3.03 bits per heavy atom. The van der Waals surface area contributed by atoms with Crippen molar-refractivity contribution in [2.24, 2.45) is 0 Å². The highest BCUT2D eigenvalue weighted by Gasteiger charge is 2.25. The van der Waals surface area contributed by atoms with E-state index in [1.54, 1.807) is 24.7 Å². The van der Waals surface area contributed by atoms with Gasteiger partial charge in [-0.15, -0.1) is 0 Å². The topological polar surface area (TPSA) is 87.3 Å². The maximum atomic E-state index is 12.9. The molecule has 154 valence electrons. The van der Waals surface area contributed by atoms with Crippen LogP contribution < -0.4 is 10.1 Å². The van der Waals surface area contributed by atoms with Gasteiger partial charge >= 0.3 is 0 Å². The van der Waals surface area contributed by atoms with E-state index in [0.717, 1.165) is 37.9 Å². The fraction of sp³-hybridized carbons (Fsp3) is 0.500. The van der Waals surface area contributed by atoms with Crippen LogP contribution in [0.1, 0.15) is 64.9 Å². The van der Waals surface area contributed by atoms with E-state index in [1.165, 1.54) is 12.8 Å². The number of ether oxygens (including phenoxy) is 1. The lowest BCUT2D eigenvalue weighted by molar-refractivity contribution is 0.0965. The molecule has 1 atom stereocenters. The van der Waals surface area contributed by atoms with Crippen molar-refractivity contribution < 1.29 is 14.3 Å². The van der Waals surface area contributed by atoms with E-state index in [4.69, 9.17) is 4.74 Å². The van der Waals surface area contributed by atoms with Gasteiger partial charge in [0.15, 0.2) is 5.78 Å². The van der Waals surface area contributed by atoms with Crippen molar-refractivity contribution in [1.29, 1.82) is 0 Å². The normalized spacial score (nSPS) is 19.6. The monoisotopic (exact) mass is 396 g/mol. The first kappa shape index (κ1) is 19.6. The second kappa shape index (κ2) is 8.78. The molecule has 1 aliphatic heterocycles. The summed E-state index contributed by atoms with van der Waals surface area (Å²) in [5.41, 5.74) is 2.32. The van der Waals surface area contributed by atoms with Gasteiger partial charge in [0.05, 0.1) is 23.9 Å². The SMILES string of the molecule is CN1CCCC1CCOc1ccncc1NC(=O)c1c[nH]c2c1C(=O)CCCC2. The number of carbonyl (C=O) groups is 2. The molecule has 3 heterocycles. The molecule has 0 saturated carbocycles. The van der Waals surface area contributed by atoms with Gasteiger partial charge in [0.2, 0.25) is 0 Å². The Bertz CT molecular complexity index is 892. The minimum atomic E-state index is -0.314. The minimum absolute atomic E-state index is 0.0345. The molecule has 29 heavy (non-hydrogen) atoms. The van der Waals surface area contributed by atoms with E-state index >= 15 is 0 Å². The Morgan fingerprint density at radius 1 is 1.34 bits per heavy atom. The number of nitrogens with one attached hydrogen (secondary N) is 2. The van der Waals surface area contributed by atoms with Crippen LogP contribution in [0.3, 0.4) is 0 Å². The lowest BCUT2D eigenvalue weighted by atomic mass is 10.0. The van der Waals surface area contributed by atoms with Crippen LogP contribution >= 0.6 is 0 Å². The number of aromatic amines is 1. The van der Waals surface area contributed by atoms with Crippen LogP contribution in [0.5, 0.6) is 5.75 Å². The molecular formula is C22H28N4O3. The van der Waals surface area contributed by atoms with Crippen LogP contribution in [0.25, 0.3) is 0 Å². The number of hydrogen-bond donors (Lipinski definition) is 2. The lowest BCUT2D eigenvalue weighted by Crippen LogP contribution is -2.26. The van der Waals surface area contributed by atoms with E-state index < -0.39 is 0 Å². The second-order valence-electron chi connectivity index (χ2n) is 7.93. The van der Waals surface area contributed by atoms with Crippen LogP contribution in [0.2, 0.25) is 0 Å². The van der Waals surface area contributed by atoms with E-state index in [9.17, 15) is 9.59 Å². The molecule has 1 fully saturated rings. The third-order valence-electron chi connectivity index (χ3n) is 5.98. The molecule has 0 spiro atoms. The van der Waals surface area contributed by atoms with Crippen molar-refractivity contribution in [3.05, 3.63) is 41.5 Å². The zero-order chi connectivity index (χ0) is 20.2. The number of H-pyrrole nitrogens is 1. The van der Waals surface area contributed by atoms with E-state index in [2.05, 4.69) is 27.2 Å². The highest BCUT2D eigenvalue weighted by atomic mass is 16.5. The Labute approximate surface area is 170 Å². The number of ketones is 1. The third-order valence-corrected chi connectivity index (χ3v) is 5.98. The number of hydrogen-bond acceptors (Lipinski definition) is 5. The van der Waals surface area contributed by atoms with Gasteiger partial charge in [0, 0.05) is 36.6 Å². The summed E-state index contributed by atoms with van der Waals surface area (Å²) in [6, 6.07) is 2.31. The number of rotatable bonds is 6. The molecule has 2 N–H and O–H groups in total. The Morgan fingerprint density at radius 2 is 2.21 bits per heavy atom. The summed E-state index contributed by atoms with van der Waals surface area (Å²) in [6.07, 6.45) is 11.4. The largest absolute Gasteiger partial charge is 0.491 e. The number of nitrogens with zero attached hydrogens (tertiary/aromatic N) is 2. The van der Waals surface area contributed by atoms with Crippen LogP contribution in [0.4, 0.5) is 5.69 Å². The molecule has 2 aliphatic rings. The standard InChI is InChI=1S/C22H28N4O3/c1-26-11-4-5-15(26)9-12-29-20-8-10-23-14-18(20)25-22(28)16-13-24-17-6-2-3-7-19(27)21(16)17/h8,10,13-15,24H,2-7,9,11-12H2,1H3,(H,25,28). The molecule has 1 saturated heterocycles. The summed E-state index contributed by atoms with van der Waals surface area (Å²) < 4.78 is 5.96. The number of pyridine rings is 1. The summed E-state index contributed by atoms with van der Waals surface area (Å²) in [4.78, 5) is 35.0. The minimum Gasteiger partial charge on any atom is -0.491 e. The average Bonchev–Trinajstić information content (AvgIpc) is 3.28. The van der Waals surface area contributed by atoms with E-state index in [-0.39, 0.29) is 11.7 Å². The van der Waals surface area contributed by atoms with E-state index in [1.807, 2.05) is 0 Å². The van der Waals surface area contributed by atoms with Gasteiger partial charge in [-0.25, -0.2) is 0 Å². The average molecular weight is 396 g/mol. The number of anilines is 1. The van der Waals surface area contributed by atoms with Crippen molar-refractivity contribution in [2.75, 3.05) is 25.5 Å². The number of fused-ring (bicyclic) bond motifs is 1. The molecule has 0 bridgehead atoms. The first-order chi connectivity index (χ1) is 14.1. The summed E-state index contributed by atoms with van der Waals surface area (Å²) in [5.74, 6) is 0.320. The van der Waals surface area contributed by atoms with E-state index in [0.29, 0.717) is 41.6 Å². The quantitative estimate of drug-likeness (QED) is 0.731. The third kappa shape index (κ3) is 4.34. The molecule has 0 aromatic carbocycles. The number of likely N-dealkylation sites (tertiary alicyclic amines) is 1. The first-order valence-electron chi connectivity index (χ1n) is 10.5. The van der Waals surface area contributed by atoms with Gasteiger partial charge in [-0.2, -0.15) is 0 Å². The molecular weight excluding hydrogens is 368 g/mol. The van der Waals surface area contributed by atoms with Crippen LogP contribution in [0.15, 0.2) is 24.7 Å². The molecule has 7 heteroatoms. The maximum absolute atomic E-state index is 12.9. The molecule has 1 aliphatic carbocycles. The van der Waals surface area contributed by atoms with Gasteiger partial charge < -0.3 is 19.9 Å². The fourth-order valence-corrected chi connectivity index (χ4v) is 4.31. The molecule has 2 aromatic rings. The highest BCUT2D eigenvalue weighted by Crippen LogP contribution is 2.27. The van der Waals surface area contributed by atoms with Crippen LogP contribution in [-0.2, 0) is 6.42 Å². The molecule has 0 radical (unpaired) electrons. The molecule has 2 aromatic heterocycles. The predicted molar refractivity (Wildman–Crippen MR) is 111 cm³/mol. The van der Waals surface area contributed by atoms with Crippen LogP contribution in [-0.4, -0.2) is 52.8 Å². The van der Waals surface area contributed by atoms with Crippen molar-refractivity contribution in [3.63, 3.8) is 0 Å². The number of aryl methyl sites for hydroxylation is 1. The van der Waals surface area contributed by atoms with Gasteiger partial charge in [0.1, 0.15) is 11.4 Å². The maximum Gasteiger partial charge on any atom is 0.258 e. The van der Waals surface area contributed by atoms with Gasteiger partial charge in [-0.1, -0.05) is 0 Å². The second-order valence-corrected chi connectivity index (χ2v) is 7.93. The molecule has 4 rings (SSSR count). The number of carbonyl (C=O) groups excluding carboxylic acids is 2.